The number of hydrogen-bond acceptors (Lipinski definition) is 3. The van der Waals surface area contributed by atoms with Crippen molar-refractivity contribution in [3.05, 3.63) is 58.5 Å². The number of nitrogens with zero attached hydrogens (tertiary/aromatic N) is 1. The lowest BCUT2D eigenvalue weighted by atomic mass is 10.1. The van der Waals surface area contributed by atoms with Gasteiger partial charge in [0, 0.05) is 17.1 Å². The maximum Gasteiger partial charge on any atom is 0.287 e. The van der Waals surface area contributed by atoms with Gasteiger partial charge in [0.25, 0.3) is 5.91 Å². The average Bonchev–Trinajstić information content (AvgIpc) is 3.20. The number of likely N-dealkylation sites (tertiary alicyclic amines) is 1. The van der Waals surface area contributed by atoms with E-state index in [2.05, 4.69) is 10.2 Å². The largest absolute Gasteiger partial charge is 0.459 e. The Hall–Kier alpha value is -1.78. The molecular weight excluding hydrogens is 312 g/mol. The second kappa shape index (κ2) is 7.20. The number of halogens is 1. The molecule has 1 fully saturated rings. The van der Waals surface area contributed by atoms with Crippen LogP contribution in [-0.4, -0.2) is 30.4 Å². The van der Waals surface area contributed by atoms with Gasteiger partial charge in [-0.25, -0.2) is 0 Å². The standard InChI is InChI=1S/C18H21ClN2O2/c1-13-8-11-23-17(13)18(22)20-12-16(21-9-4-5-10-21)14-6-2-3-7-15(14)19/h2-3,6-8,11,16H,4-5,9-10,12H2,1H3,(H,20,22)/t16-/m0/s1. The second-order valence-corrected chi connectivity index (χ2v) is 6.33. The zero-order valence-electron chi connectivity index (χ0n) is 13.2. The number of carbonyl (C=O) groups excluding carboxylic acids is 1. The third-order valence-corrected chi connectivity index (χ3v) is 4.71. The monoisotopic (exact) mass is 332 g/mol. The summed E-state index contributed by atoms with van der Waals surface area (Å²) in [6.07, 6.45) is 3.91. The number of rotatable bonds is 5. The van der Waals surface area contributed by atoms with Crippen molar-refractivity contribution in [3.63, 3.8) is 0 Å². The van der Waals surface area contributed by atoms with Crippen molar-refractivity contribution >= 4 is 17.5 Å². The van der Waals surface area contributed by atoms with Gasteiger partial charge in [0.2, 0.25) is 0 Å². The van der Waals surface area contributed by atoms with Gasteiger partial charge in [0.15, 0.2) is 5.76 Å². The van der Waals surface area contributed by atoms with Crippen molar-refractivity contribution < 1.29 is 9.21 Å². The first-order valence-corrected chi connectivity index (χ1v) is 8.35. The van der Waals surface area contributed by atoms with Crippen molar-refractivity contribution in [2.24, 2.45) is 0 Å². The highest BCUT2D eigenvalue weighted by Gasteiger charge is 2.26. The van der Waals surface area contributed by atoms with Crippen LogP contribution in [0.15, 0.2) is 41.0 Å². The van der Waals surface area contributed by atoms with Gasteiger partial charge in [-0.3, -0.25) is 9.69 Å². The first kappa shape index (κ1) is 16.1. The number of benzene rings is 1. The Labute approximate surface area is 141 Å². The van der Waals surface area contributed by atoms with Crippen LogP contribution in [0.25, 0.3) is 0 Å². The fourth-order valence-corrected chi connectivity index (χ4v) is 3.37. The SMILES string of the molecule is Cc1ccoc1C(=O)NC[C@@H](c1ccccc1Cl)N1CCCC1. The van der Waals surface area contributed by atoms with Gasteiger partial charge in [0.05, 0.1) is 12.3 Å². The van der Waals surface area contributed by atoms with Crippen LogP contribution in [0, 0.1) is 6.92 Å². The molecule has 1 amide bonds. The Kier molecular flexibility index (Phi) is 5.03. The zero-order chi connectivity index (χ0) is 16.2. The van der Waals surface area contributed by atoms with Gasteiger partial charge in [-0.1, -0.05) is 29.8 Å². The van der Waals surface area contributed by atoms with Crippen LogP contribution in [0.5, 0.6) is 0 Å². The Morgan fingerprint density at radius 3 is 2.70 bits per heavy atom. The quantitative estimate of drug-likeness (QED) is 0.905. The molecule has 0 spiro atoms. The van der Waals surface area contributed by atoms with E-state index in [0.717, 1.165) is 29.2 Å². The van der Waals surface area contributed by atoms with E-state index in [1.807, 2.05) is 31.2 Å². The second-order valence-electron chi connectivity index (χ2n) is 5.92. The third kappa shape index (κ3) is 3.59. The van der Waals surface area contributed by atoms with E-state index in [9.17, 15) is 4.79 Å². The summed E-state index contributed by atoms with van der Waals surface area (Å²) in [5.74, 6) is 0.202. The van der Waals surface area contributed by atoms with Crippen LogP contribution in [-0.2, 0) is 0 Å². The maximum absolute atomic E-state index is 12.3. The Morgan fingerprint density at radius 1 is 1.30 bits per heavy atom. The highest BCUT2D eigenvalue weighted by atomic mass is 35.5. The summed E-state index contributed by atoms with van der Waals surface area (Å²) < 4.78 is 5.26. The molecule has 1 aromatic heterocycles. The molecule has 23 heavy (non-hydrogen) atoms. The summed E-state index contributed by atoms with van der Waals surface area (Å²) in [5, 5.41) is 3.74. The summed E-state index contributed by atoms with van der Waals surface area (Å²) in [6.45, 7) is 4.45. The van der Waals surface area contributed by atoms with Gasteiger partial charge >= 0.3 is 0 Å². The molecule has 1 aromatic carbocycles. The van der Waals surface area contributed by atoms with Crippen LogP contribution >= 0.6 is 11.6 Å². The van der Waals surface area contributed by atoms with Crippen LogP contribution in [0.1, 0.15) is 40.6 Å². The molecule has 2 aromatic rings. The van der Waals surface area contributed by atoms with E-state index < -0.39 is 0 Å². The minimum Gasteiger partial charge on any atom is -0.459 e. The van der Waals surface area contributed by atoms with Crippen molar-refractivity contribution in [3.8, 4) is 0 Å². The molecule has 4 nitrogen and oxygen atoms in total. The first-order valence-electron chi connectivity index (χ1n) is 7.97. The number of hydrogen-bond donors (Lipinski definition) is 1. The van der Waals surface area contributed by atoms with E-state index in [1.165, 1.54) is 19.1 Å². The van der Waals surface area contributed by atoms with Crippen LogP contribution in [0.3, 0.4) is 0 Å². The Balaban J connectivity index is 1.75. The molecule has 1 aliphatic rings. The summed E-state index contributed by atoms with van der Waals surface area (Å²) in [6, 6.07) is 9.74. The minimum atomic E-state index is -0.177. The highest BCUT2D eigenvalue weighted by Crippen LogP contribution is 2.29. The summed E-state index contributed by atoms with van der Waals surface area (Å²) in [4.78, 5) is 14.7. The van der Waals surface area contributed by atoms with Crippen LogP contribution < -0.4 is 5.32 Å². The lowest BCUT2D eigenvalue weighted by Crippen LogP contribution is -2.37. The molecule has 0 bridgehead atoms. The van der Waals surface area contributed by atoms with Gasteiger partial charge < -0.3 is 9.73 Å². The van der Waals surface area contributed by atoms with Crippen molar-refractivity contribution in [1.82, 2.24) is 10.2 Å². The predicted molar refractivity (Wildman–Crippen MR) is 90.8 cm³/mol. The molecule has 1 saturated heterocycles. The van der Waals surface area contributed by atoms with Gasteiger partial charge in [-0.15, -0.1) is 0 Å². The minimum absolute atomic E-state index is 0.0884. The number of nitrogens with one attached hydrogen (secondary N) is 1. The predicted octanol–water partition coefficient (Wildman–Crippen LogP) is 3.81. The molecule has 3 rings (SSSR count). The first-order chi connectivity index (χ1) is 11.2. The van der Waals surface area contributed by atoms with Crippen LogP contribution in [0.2, 0.25) is 5.02 Å². The summed E-state index contributed by atoms with van der Waals surface area (Å²) >= 11 is 6.38. The number of aryl methyl sites for hydroxylation is 1. The number of carbonyl (C=O) groups is 1. The van der Waals surface area contributed by atoms with Gasteiger partial charge in [-0.05, 0) is 50.6 Å². The molecule has 122 valence electrons. The zero-order valence-corrected chi connectivity index (χ0v) is 14.0. The van der Waals surface area contributed by atoms with E-state index in [4.69, 9.17) is 16.0 Å². The molecule has 0 aliphatic carbocycles. The summed E-state index contributed by atoms with van der Waals surface area (Å²) in [7, 11) is 0. The smallest absolute Gasteiger partial charge is 0.287 e. The normalized spacial score (nSPS) is 16.4. The fraction of sp³-hybridized carbons (Fsp3) is 0.389. The average molecular weight is 333 g/mol. The maximum atomic E-state index is 12.3. The molecule has 1 atom stereocenters. The van der Waals surface area contributed by atoms with Gasteiger partial charge in [-0.2, -0.15) is 0 Å². The van der Waals surface area contributed by atoms with E-state index in [1.54, 1.807) is 6.07 Å². The highest BCUT2D eigenvalue weighted by molar-refractivity contribution is 6.31. The summed E-state index contributed by atoms with van der Waals surface area (Å²) in [5.41, 5.74) is 1.91. The topological polar surface area (TPSA) is 45.5 Å². The van der Waals surface area contributed by atoms with Gasteiger partial charge in [0.1, 0.15) is 0 Å². The Bertz CT molecular complexity index is 677. The third-order valence-electron chi connectivity index (χ3n) is 4.37. The molecule has 1 aliphatic heterocycles. The van der Waals surface area contributed by atoms with E-state index >= 15 is 0 Å². The van der Waals surface area contributed by atoms with Crippen molar-refractivity contribution in [1.29, 1.82) is 0 Å². The fourth-order valence-electron chi connectivity index (χ4n) is 3.11. The molecule has 0 saturated carbocycles. The molecular formula is C18H21ClN2O2. The molecule has 5 heteroatoms. The number of amides is 1. The lowest BCUT2D eigenvalue weighted by Gasteiger charge is -2.28. The van der Waals surface area contributed by atoms with E-state index in [-0.39, 0.29) is 11.9 Å². The molecule has 0 unspecified atom stereocenters. The molecule has 2 heterocycles. The van der Waals surface area contributed by atoms with E-state index in [0.29, 0.717) is 12.3 Å². The van der Waals surface area contributed by atoms with Crippen LogP contribution in [0.4, 0.5) is 0 Å². The molecule has 1 N–H and O–H groups in total. The number of furan rings is 1. The Morgan fingerprint density at radius 2 is 2.04 bits per heavy atom. The van der Waals surface area contributed by atoms with Crippen molar-refractivity contribution in [2.45, 2.75) is 25.8 Å². The molecule has 0 radical (unpaired) electrons. The van der Waals surface area contributed by atoms with Crippen molar-refractivity contribution in [2.75, 3.05) is 19.6 Å². The lowest BCUT2D eigenvalue weighted by molar-refractivity contribution is 0.0909.